The fourth-order valence-corrected chi connectivity index (χ4v) is 3.19. The van der Waals surface area contributed by atoms with E-state index >= 15 is 0 Å². The molecule has 1 N–H and O–H groups in total. The molecule has 0 aliphatic heterocycles. The molecule has 25 heavy (non-hydrogen) atoms. The summed E-state index contributed by atoms with van der Waals surface area (Å²) >= 11 is 1.18. The molecular weight excluding hydrogens is 344 g/mol. The van der Waals surface area contributed by atoms with Gasteiger partial charge in [-0.25, -0.2) is 9.48 Å². The van der Waals surface area contributed by atoms with Crippen LogP contribution < -0.4 is 10.1 Å². The Morgan fingerprint density at radius 3 is 2.64 bits per heavy atom. The summed E-state index contributed by atoms with van der Waals surface area (Å²) in [6, 6.07) is 6.73. The monoisotopic (exact) mass is 360 g/mol. The van der Waals surface area contributed by atoms with Gasteiger partial charge in [-0.1, -0.05) is 11.3 Å². The van der Waals surface area contributed by atoms with E-state index in [2.05, 4.69) is 15.4 Å². The lowest BCUT2D eigenvalue weighted by Crippen LogP contribution is -2.11. The van der Waals surface area contributed by atoms with Crippen molar-refractivity contribution in [2.75, 3.05) is 19.0 Å². The van der Waals surface area contributed by atoms with Crippen LogP contribution in [0.25, 0.3) is 10.3 Å². The quantitative estimate of drug-likeness (QED) is 0.702. The van der Waals surface area contributed by atoms with Crippen LogP contribution in [-0.2, 0) is 11.8 Å². The minimum absolute atomic E-state index is 0.196. The largest absolute Gasteiger partial charge is 0.497 e. The number of thiazole rings is 1. The Bertz CT molecular complexity index is 930. The lowest BCUT2D eigenvalue weighted by Gasteiger charge is -2.03. The molecule has 130 valence electrons. The summed E-state index contributed by atoms with van der Waals surface area (Å²) in [5, 5.41) is 7.24. The van der Waals surface area contributed by atoms with Gasteiger partial charge in [-0.3, -0.25) is 10.1 Å². The van der Waals surface area contributed by atoms with Crippen molar-refractivity contribution in [2.24, 2.45) is 7.05 Å². The number of ether oxygens (including phenoxy) is 2. The third-order valence-corrected chi connectivity index (χ3v) is 4.39. The van der Waals surface area contributed by atoms with Gasteiger partial charge < -0.3 is 9.47 Å². The van der Waals surface area contributed by atoms with Crippen LogP contribution in [0, 0.1) is 0 Å². The third-order valence-electron chi connectivity index (χ3n) is 3.42. The van der Waals surface area contributed by atoms with Crippen LogP contribution in [0.15, 0.2) is 24.3 Å². The second-order valence-corrected chi connectivity index (χ2v) is 6.05. The highest BCUT2D eigenvalue weighted by molar-refractivity contribution is 7.22. The Hall–Kier alpha value is -2.94. The van der Waals surface area contributed by atoms with Crippen molar-refractivity contribution < 1.29 is 19.1 Å². The van der Waals surface area contributed by atoms with Gasteiger partial charge in [-0.2, -0.15) is 10.1 Å². The Labute approximate surface area is 147 Å². The van der Waals surface area contributed by atoms with Crippen molar-refractivity contribution in [3.05, 3.63) is 35.5 Å². The third kappa shape index (κ3) is 3.31. The highest BCUT2D eigenvalue weighted by atomic mass is 32.1. The molecule has 0 fully saturated rings. The number of nitrogens with zero attached hydrogens (tertiary/aromatic N) is 3. The second-order valence-electron chi connectivity index (χ2n) is 5.05. The van der Waals surface area contributed by atoms with Gasteiger partial charge in [0, 0.05) is 12.6 Å². The molecule has 3 aromatic rings. The van der Waals surface area contributed by atoms with Crippen molar-refractivity contribution in [3.63, 3.8) is 0 Å². The number of hydrogen-bond donors (Lipinski definition) is 1. The molecule has 3 rings (SSSR count). The minimum atomic E-state index is -0.509. The van der Waals surface area contributed by atoms with Crippen LogP contribution in [0.4, 0.5) is 5.13 Å². The average Bonchev–Trinajstić information content (AvgIpc) is 3.15. The zero-order chi connectivity index (χ0) is 18.0. The van der Waals surface area contributed by atoms with Crippen molar-refractivity contribution in [1.82, 2.24) is 14.8 Å². The Kier molecular flexibility index (Phi) is 4.66. The number of amides is 1. The van der Waals surface area contributed by atoms with Crippen LogP contribution in [0.2, 0.25) is 0 Å². The van der Waals surface area contributed by atoms with Crippen molar-refractivity contribution in [2.45, 2.75) is 6.92 Å². The minimum Gasteiger partial charge on any atom is -0.497 e. The first kappa shape index (κ1) is 16.9. The average molecular weight is 360 g/mol. The van der Waals surface area contributed by atoms with Crippen molar-refractivity contribution in [3.8, 4) is 5.75 Å². The van der Waals surface area contributed by atoms with E-state index in [0.717, 1.165) is 0 Å². The standard InChI is InChI=1S/C16H16N4O4S/c1-4-24-15(22)11-12-13(20(2)19-11)17-16(25-12)18-14(21)9-5-7-10(23-3)8-6-9/h5-8H,4H2,1-3H3,(H,17,18,21). The fourth-order valence-electron chi connectivity index (χ4n) is 2.23. The summed E-state index contributed by atoms with van der Waals surface area (Å²) in [6.45, 7) is 1.99. The van der Waals surface area contributed by atoms with Gasteiger partial charge in [-0.05, 0) is 31.2 Å². The number of nitrogens with one attached hydrogen (secondary N) is 1. The first-order valence-electron chi connectivity index (χ1n) is 7.49. The van der Waals surface area contributed by atoms with E-state index in [-0.39, 0.29) is 18.2 Å². The molecule has 0 aliphatic rings. The molecular formula is C16H16N4O4S. The number of aryl methyl sites for hydroxylation is 1. The number of aromatic nitrogens is 3. The van der Waals surface area contributed by atoms with E-state index in [9.17, 15) is 9.59 Å². The van der Waals surface area contributed by atoms with Gasteiger partial charge in [0.2, 0.25) is 0 Å². The van der Waals surface area contributed by atoms with Gasteiger partial charge in [0.05, 0.1) is 13.7 Å². The summed E-state index contributed by atoms with van der Waals surface area (Å²) in [4.78, 5) is 28.6. The molecule has 2 aromatic heterocycles. The van der Waals surface area contributed by atoms with E-state index in [1.54, 1.807) is 45.3 Å². The summed E-state index contributed by atoms with van der Waals surface area (Å²) in [5.74, 6) is -0.140. The molecule has 9 heteroatoms. The van der Waals surface area contributed by atoms with E-state index in [1.165, 1.54) is 16.0 Å². The first-order chi connectivity index (χ1) is 12.0. The first-order valence-corrected chi connectivity index (χ1v) is 8.31. The molecule has 1 aromatic carbocycles. The number of benzene rings is 1. The molecule has 0 bridgehead atoms. The maximum atomic E-state index is 12.3. The summed E-state index contributed by atoms with van der Waals surface area (Å²) in [6.07, 6.45) is 0. The highest BCUT2D eigenvalue weighted by Gasteiger charge is 2.22. The number of rotatable bonds is 5. The summed E-state index contributed by atoms with van der Waals surface area (Å²) in [5.41, 5.74) is 1.18. The molecule has 0 radical (unpaired) electrons. The van der Waals surface area contributed by atoms with Crippen molar-refractivity contribution in [1.29, 1.82) is 0 Å². The van der Waals surface area contributed by atoms with E-state index in [0.29, 0.717) is 26.8 Å². The Balaban J connectivity index is 1.85. The number of carbonyl (C=O) groups excluding carboxylic acids is 2. The predicted molar refractivity (Wildman–Crippen MR) is 93.3 cm³/mol. The van der Waals surface area contributed by atoms with Gasteiger partial charge in [-0.15, -0.1) is 0 Å². The second kappa shape index (κ2) is 6.89. The van der Waals surface area contributed by atoms with E-state index in [4.69, 9.17) is 9.47 Å². The fraction of sp³-hybridized carbons (Fsp3) is 0.250. The van der Waals surface area contributed by atoms with E-state index < -0.39 is 5.97 Å². The van der Waals surface area contributed by atoms with Crippen LogP contribution in [0.3, 0.4) is 0 Å². The number of fused-ring (bicyclic) bond motifs is 1. The van der Waals surface area contributed by atoms with Gasteiger partial charge in [0.25, 0.3) is 5.91 Å². The van der Waals surface area contributed by atoms with Crippen LogP contribution >= 0.6 is 11.3 Å². The normalized spacial score (nSPS) is 10.7. The molecule has 1 amide bonds. The van der Waals surface area contributed by atoms with Crippen LogP contribution in [0.1, 0.15) is 27.8 Å². The predicted octanol–water partition coefficient (Wildman–Crippen LogP) is 2.47. The maximum Gasteiger partial charge on any atom is 0.360 e. The lowest BCUT2D eigenvalue weighted by molar-refractivity contribution is 0.0521. The molecule has 2 heterocycles. The Morgan fingerprint density at radius 1 is 1.28 bits per heavy atom. The number of esters is 1. The molecule has 0 aliphatic carbocycles. The maximum absolute atomic E-state index is 12.3. The molecule has 0 atom stereocenters. The molecule has 0 spiro atoms. The number of carbonyl (C=O) groups is 2. The topological polar surface area (TPSA) is 95.3 Å². The van der Waals surface area contributed by atoms with Gasteiger partial charge in [0.15, 0.2) is 16.5 Å². The van der Waals surface area contributed by atoms with Crippen molar-refractivity contribution >= 4 is 38.7 Å². The van der Waals surface area contributed by atoms with Gasteiger partial charge >= 0.3 is 5.97 Å². The SMILES string of the molecule is CCOC(=O)c1nn(C)c2nc(NC(=O)c3ccc(OC)cc3)sc12. The molecule has 0 saturated heterocycles. The summed E-state index contributed by atoms with van der Waals surface area (Å²) in [7, 11) is 3.24. The smallest absolute Gasteiger partial charge is 0.360 e. The highest BCUT2D eigenvalue weighted by Crippen LogP contribution is 2.29. The van der Waals surface area contributed by atoms with Crippen LogP contribution in [0.5, 0.6) is 5.75 Å². The van der Waals surface area contributed by atoms with Gasteiger partial charge in [0.1, 0.15) is 10.4 Å². The Morgan fingerprint density at radius 2 is 2.00 bits per heavy atom. The number of hydrogen-bond acceptors (Lipinski definition) is 7. The zero-order valence-corrected chi connectivity index (χ0v) is 14.7. The zero-order valence-electron chi connectivity index (χ0n) is 13.9. The number of methoxy groups -OCH3 is 1. The summed E-state index contributed by atoms with van der Waals surface area (Å²) < 4.78 is 12.1. The molecule has 0 unspecified atom stereocenters. The lowest BCUT2D eigenvalue weighted by atomic mass is 10.2. The van der Waals surface area contributed by atoms with E-state index in [1.807, 2.05) is 0 Å². The molecule has 0 saturated carbocycles. The molecule has 8 nitrogen and oxygen atoms in total. The van der Waals surface area contributed by atoms with Crippen LogP contribution in [-0.4, -0.2) is 40.4 Å². The number of anilines is 1.